The smallest absolute Gasteiger partial charge is 0.338 e. The van der Waals surface area contributed by atoms with Crippen molar-refractivity contribution in [3.8, 4) is 0 Å². The van der Waals surface area contributed by atoms with Crippen LogP contribution in [0, 0.1) is 5.92 Å². The van der Waals surface area contributed by atoms with Crippen LogP contribution in [0.2, 0.25) is 10.0 Å². The highest BCUT2D eigenvalue weighted by Gasteiger charge is 2.38. The fourth-order valence-electron chi connectivity index (χ4n) is 4.00. The molecule has 1 aliphatic heterocycles. The molecule has 0 saturated carbocycles. The van der Waals surface area contributed by atoms with Gasteiger partial charge in [0.1, 0.15) is 0 Å². The van der Waals surface area contributed by atoms with E-state index in [2.05, 4.69) is 17.5 Å². The number of allylic oxidation sites excluding steroid dienone is 2. The molecule has 0 bridgehead atoms. The summed E-state index contributed by atoms with van der Waals surface area (Å²) in [6.45, 7) is 2.19. The van der Waals surface area contributed by atoms with E-state index in [0.29, 0.717) is 28.1 Å². The van der Waals surface area contributed by atoms with E-state index in [-0.39, 0.29) is 17.9 Å². The number of nitrogens with one attached hydrogen (secondary N) is 1. The van der Waals surface area contributed by atoms with E-state index in [0.717, 1.165) is 23.2 Å². The highest BCUT2D eigenvalue weighted by Crippen LogP contribution is 2.51. The summed E-state index contributed by atoms with van der Waals surface area (Å²) in [5.74, 6) is 0.313. The number of fused-ring (bicyclic) bond motifs is 3. The minimum atomic E-state index is -0.281. The van der Waals surface area contributed by atoms with Crippen LogP contribution in [0.15, 0.2) is 48.6 Å². The molecule has 5 heteroatoms. The average Bonchev–Trinajstić information content (AvgIpc) is 3.11. The van der Waals surface area contributed by atoms with E-state index in [9.17, 15) is 4.79 Å². The van der Waals surface area contributed by atoms with Gasteiger partial charge in [-0.25, -0.2) is 4.79 Å². The van der Waals surface area contributed by atoms with Gasteiger partial charge < -0.3 is 10.1 Å². The van der Waals surface area contributed by atoms with Gasteiger partial charge in [-0.15, -0.1) is 0 Å². The molecule has 0 amide bonds. The highest BCUT2D eigenvalue weighted by atomic mass is 35.5. The molecule has 0 spiro atoms. The van der Waals surface area contributed by atoms with Crippen LogP contribution in [0.1, 0.15) is 46.8 Å². The lowest BCUT2D eigenvalue weighted by molar-refractivity contribution is 0.0526. The van der Waals surface area contributed by atoms with Gasteiger partial charge in [-0.1, -0.05) is 41.4 Å². The predicted octanol–water partition coefficient (Wildman–Crippen LogP) is 6.00. The van der Waals surface area contributed by atoms with Gasteiger partial charge in [-0.2, -0.15) is 0 Å². The molecule has 3 atom stereocenters. The van der Waals surface area contributed by atoms with Crippen molar-refractivity contribution in [1.82, 2.24) is 0 Å². The van der Waals surface area contributed by atoms with Gasteiger partial charge in [0.05, 0.1) is 18.2 Å². The Morgan fingerprint density at radius 2 is 2.04 bits per heavy atom. The molecule has 26 heavy (non-hydrogen) atoms. The third kappa shape index (κ3) is 3.00. The quantitative estimate of drug-likeness (QED) is 0.518. The van der Waals surface area contributed by atoms with Gasteiger partial charge in [0.15, 0.2) is 0 Å². The van der Waals surface area contributed by atoms with Crippen molar-refractivity contribution >= 4 is 34.9 Å². The standard InChI is InChI=1S/C21H19Cl2NO2/c1-2-26-21(25)12-6-9-19-17(10-12)14-4-3-5-15(14)20(24-19)16-8-7-13(22)11-18(16)23/h3-4,6-11,14-15,20,24H,2,5H2,1H3/t14-,15+,20-/m0/s1. The summed E-state index contributed by atoms with van der Waals surface area (Å²) >= 11 is 12.5. The molecule has 2 aromatic rings. The van der Waals surface area contributed by atoms with E-state index >= 15 is 0 Å². The first kappa shape index (κ1) is 17.4. The van der Waals surface area contributed by atoms with E-state index in [1.807, 2.05) is 37.3 Å². The van der Waals surface area contributed by atoms with Crippen LogP contribution < -0.4 is 5.32 Å². The molecular formula is C21H19Cl2NO2. The maximum Gasteiger partial charge on any atom is 0.338 e. The molecule has 0 radical (unpaired) electrons. The zero-order valence-corrected chi connectivity index (χ0v) is 15.8. The Morgan fingerprint density at radius 3 is 2.81 bits per heavy atom. The zero-order chi connectivity index (χ0) is 18.3. The number of carbonyl (C=O) groups excluding carboxylic acids is 1. The van der Waals surface area contributed by atoms with Crippen LogP contribution >= 0.6 is 23.2 Å². The minimum Gasteiger partial charge on any atom is -0.462 e. The first-order valence-electron chi connectivity index (χ1n) is 8.77. The van der Waals surface area contributed by atoms with Crippen LogP contribution in [0.4, 0.5) is 5.69 Å². The van der Waals surface area contributed by atoms with Gasteiger partial charge >= 0.3 is 5.97 Å². The van der Waals surface area contributed by atoms with Crippen LogP contribution in [0.5, 0.6) is 0 Å². The van der Waals surface area contributed by atoms with Crippen molar-refractivity contribution in [3.63, 3.8) is 0 Å². The van der Waals surface area contributed by atoms with E-state index in [4.69, 9.17) is 27.9 Å². The Labute approximate surface area is 163 Å². The Hall–Kier alpha value is -1.97. The Kier molecular flexibility index (Phi) is 4.68. The van der Waals surface area contributed by atoms with Crippen molar-refractivity contribution in [2.24, 2.45) is 5.92 Å². The second kappa shape index (κ2) is 6.98. The monoisotopic (exact) mass is 387 g/mol. The van der Waals surface area contributed by atoms with E-state index in [1.165, 1.54) is 0 Å². The van der Waals surface area contributed by atoms with Gasteiger partial charge in [0.2, 0.25) is 0 Å². The Bertz CT molecular complexity index is 894. The third-order valence-corrected chi connectivity index (χ3v) is 5.73. The fraction of sp³-hybridized carbons (Fsp3) is 0.286. The minimum absolute atomic E-state index is 0.0979. The van der Waals surface area contributed by atoms with Crippen molar-refractivity contribution in [2.45, 2.75) is 25.3 Å². The molecule has 1 heterocycles. The number of halogens is 2. The van der Waals surface area contributed by atoms with Crippen LogP contribution in [0.3, 0.4) is 0 Å². The van der Waals surface area contributed by atoms with Crippen LogP contribution in [-0.2, 0) is 4.74 Å². The maximum absolute atomic E-state index is 12.1. The first-order chi connectivity index (χ1) is 12.6. The van der Waals surface area contributed by atoms with Crippen molar-refractivity contribution < 1.29 is 9.53 Å². The molecule has 4 rings (SSSR count). The fourth-order valence-corrected chi connectivity index (χ4v) is 4.52. The number of carbonyl (C=O) groups is 1. The largest absolute Gasteiger partial charge is 0.462 e. The molecule has 1 N–H and O–H groups in total. The van der Waals surface area contributed by atoms with Gasteiger partial charge in [-0.05, 0) is 60.7 Å². The number of ether oxygens (including phenoxy) is 1. The lowest BCUT2D eigenvalue weighted by Crippen LogP contribution is -2.29. The van der Waals surface area contributed by atoms with Crippen LogP contribution in [-0.4, -0.2) is 12.6 Å². The molecule has 134 valence electrons. The zero-order valence-electron chi connectivity index (χ0n) is 14.3. The highest BCUT2D eigenvalue weighted by molar-refractivity contribution is 6.35. The lowest BCUT2D eigenvalue weighted by atomic mass is 9.76. The molecule has 1 aliphatic carbocycles. The first-order valence-corrected chi connectivity index (χ1v) is 9.53. The number of esters is 1. The summed E-state index contributed by atoms with van der Waals surface area (Å²) in [4.78, 5) is 12.1. The SMILES string of the molecule is CCOC(=O)c1ccc2c(c1)[C@H]1C=CC[C@H]1[C@@H](c1ccc(Cl)cc1Cl)N2. The summed E-state index contributed by atoms with van der Waals surface area (Å²) in [7, 11) is 0. The van der Waals surface area contributed by atoms with E-state index < -0.39 is 0 Å². The second-order valence-electron chi connectivity index (χ2n) is 6.66. The predicted molar refractivity (Wildman–Crippen MR) is 105 cm³/mol. The number of rotatable bonds is 3. The number of hydrogen-bond acceptors (Lipinski definition) is 3. The number of anilines is 1. The Morgan fingerprint density at radius 1 is 1.19 bits per heavy atom. The van der Waals surface area contributed by atoms with Gasteiger partial charge in [-0.3, -0.25) is 0 Å². The van der Waals surface area contributed by atoms with Crippen molar-refractivity contribution in [3.05, 3.63) is 75.3 Å². The summed E-state index contributed by atoms with van der Waals surface area (Å²) in [5, 5.41) is 4.93. The third-order valence-electron chi connectivity index (χ3n) is 5.17. The molecule has 0 aromatic heterocycles. The normalized spacial score (nSPS) is 23.1. The van der Waals surface area contributed by atoms with E-state index in [1.54, 1.807) is 6.07 Å². The molecule has 0 fully saturated rings. The lowest BCUT2D eigenvalue weighted by Gasteiger charge is -2.38. The molecule has 2 aliphatic rings. The van der Waals surface area contributed by atoms with Crippen LogP contribution in [0.25, 0.3) is 0 Å². The molecular weight excluding hydrogens is 369 g/mol. The van der Waals surface area contributed by atoms with Gasteiger partial charge in [0.25, 0.3) is 0 Å². The van der Waals surface area contributed by atoms with Crippen molar-refractivity contribution in [2.75, 3.05) is 11.9 Å². The number of hydrogen-bond donors (Lipinski definition) is 1. The summed E-state index contributed by atoms with van der Waals surface area (Å²) in [6.07, 6.45) is 5.40. The van der Waals surface area contributed by atoms with Crippen molar-refractivity contribution in [1.29, 1.82) is 0 Å². The Balaban J connectivity index is 1.73. The topological polar surface area (TPSA) is 38.3 Å². The van der Waals surface area contributed by atoms with Gasteiger partial charge in [0, 0.05) is 21.7 Å². The average molecular weight is 388 g/mol. The summed E-state index contributed by atoms with van der Waals surface area (Å²) < 4.78 is 5.14. The molecule has 2 aromatic carbocycles. The molecule has 0 unspecified atom stereocenters. The molecule has 3 nitrogen and oxygen atoms in total. The molecule has 0 saturated heterocycles. The number of benzene rings is 2. The maximum atomic E-state index is 12.1. The summed E-state index contributed by atoms with van der Waals surface area (Å²) in [6, 6.07) is 11.5. The summed E-state index contributed by atoms with van der Waals surface area (Å²) in [5.41, 5.74) is 3.81. The second-order valence-corrected chi connectivity index (χ2v) is 7.51.